The number of hydrogen-bond acceptors (Lipinski definition) is 8. The van der Waals surface area contributed by atoms with Crippen LogP contribution in [-0.4, -0.2) is 75.6 Å². The number of sulfone groups is 1. The maximum absolute atomic E-state index is 13.7. The quantitative estimate of drug-likeness (QED) is 0.442. The number of rotatable bonds is 7. The number of nitrogens with one attached hydrogen (secondary N) is 3. The lowest BCUT2D eigenvalue weighted by Gasteiger charge is -2.45. The number of carbonyl (C=O) groups is 4. The lowest BCUT2D eigenvalue weighted by Crippen LogP contribution is -2.57. The highest BCUT2D eigenvalue weighted by Crippen LogP contribution is 2.43. The fourth-order valence-electron chi connectivity index (χ4n) is 4.81. The van der Waals surface area contributed by atoms with Gasteiger partial charge in [0.05, 0.1) is 25.1 Å². The van der Waals surface area contributed by atoms with E-state index in [1.165, 1.54) is 36.3 Å². The molecule has 0 unspecified atom stereocenters. The molecule has 0 aliphatic carbocycles. The first kappa shape index (κ1) is 29.2. The first-order chi connectivity index (χ1) is 18.9. The van der Waals surface area contributed by atoms with Gasteiger partial charge in [-0.3, -0.25) is 20.2 Å². The van der Waals surface area contributed by atoms with E-state index in [9.17, 15) is 27.6 Å². The number of carbonyl (C=O) groups excluding carboxylic acids is 4. The molecule has 14 heteroatoms. The molecular weight excluding hydrogens is 564 g/mol. The standard InChI is InChI=1S/C26H29ClN4O8S/c1-38-24(34)28-18-7-4-16(5-8-18)22(32)29-21(10-13-40(2,36)37)23(33)31-12-3-11-26(15-31)19-14-17(27)6-9-20(19)30-25(35)39-26/h4-9,14,21H,3,10-13,15H2,1-2H3,(H,28,34)(H,29,32)(H,30,35)/t21-,26-/m0/s1. The zero-order valence-electron chi connectivity index (χ0n) is 21.9. The third kappa shape index (κ3) is 6.83. The minimum Gasteiger partial charge on any atom is -0.453 e. The normalized spacial score (nSPS) is 19.1. The maximum atomic E-state index is 13.7. The molecule has 4 rings (SSSR count). The summed E-state index contributed by atoms with van der Waals surface area (Å²) in [6.45, 7) is 0.326. The van der Waals surface area contributed by atoms with E-state index in [0.29, 0.717) is 41.3 Å². The topological polar surface area (TPSA) is 160 Å². The summed E-state index contributed by atoms with van der Waals surface area (Å²) < 4.78 is 34.1. The van der Waals surface area contributed by atoms with E-state index in [4.69, 9.17) is 16.3 Å². The molecule has 1 saturated heterocycles. The molecule has 40 heavy (non-hydrogen) atoms. The Morgan fingerprint density at radius 1 is 1.20 bits per heavy atom. The summed E-state index contributed by atoms with van der Waals surface area (Å²) >= 11 is 6.23. The van der Waals surface area contributed by atoms with Crippen LogP contribution in [0.25, 0.3) is 0 Å². The number of halogens is 1. The van der Waals surface area contributed by atoms with Gasteiger partial charge in [-0.25, -0.2) is 18.0 Å². The maximum Gasteiger partial charge on any atom is 0.412 e. The van der Waals surface area contributed by atoms with Crippen LogP contribution in [0, 0.1) is 0 Å². The number of hydrogen-bond donors (Lipinski definition) is 3. The predicted molar refractivity (Wildman–Crippen MR) is 147 cm³/mol. The number of methoxy groups -OCH3 is 1. The van der Waals surface area contributed by atoms with E-state index in [-0.39, 0.29) is 24.3 Å². The van der Waals surface area contributed by atoms with Crippen molar-refractivity contribution in [2.24, 2.45) is 0 Å². The summed E-state index contributed by atoms with van der Waals surface area (Å²) in [5, 5.41) is 8.21. The highest BCUT2D eigenvalue weighted by molar-refractivity contribution is 7.90. The largest absolute Gasteiger partial charge is 0.453 e. The van der Waals surface area contributed by atoms with Crippen molar-refractivity contribution < 1.29 is 37.1 Å². The van der Waals surface area contributed by atoms with Crippen molar-refractivity contribution in [2.75, 3.05) is 42.8 Å². The molecule has 1 fully saturated rings. The van der Waals surface area contributed by atoms with Crippen molar-refractivity contribution >= 4 is 56.8 Å². The van der Waals surface area contributed by atoms with Crippen LogP contribution < -0.4 is 16.0 Å². The third-order valence-corrected chi connectivity index (χ3v) is 7.94. The molecule has 214 valence electrons. The molecule has 0 aromatic heterocycles. The highest BCUT2D eigenvalue weighted by atomic mass is 35.5. The molecular formula is C26H29ClN4O8S. The molecule has 2 aromatic rings. The number of likely N-dealkylation sites (tertiary alicyclic amines) is 1. The molecule has 1 spiro atoms. The number of fused-ring (bicyclic) bond motifs is 2. The minimum atomic E-state index is -3.45. The van der Waals surface area contributed by atoms with Gasteiger partial charge in [-0.15, -0.1) is 0 Å². The van der Waals surface area contributed by atoms with Crippen LogP contribution in [0.15, 0.2) is 42.5 Å². The summed E-state index contributed by atoms with van der Waals surface area (Å²) in [4.78, 5) is 52.1. The average molecular weight is 593 g/mol. The zero-order valence-corrected chi connectivity index (χ0v) is 23.4. The van der Waals surface area contributed by atoms with E-state index in [0.717, 1.165) is 6.26 Å². The van der Waals surface area contributed by atoms with Crippen LogP contribution in [0.3, 0.4) is 0 Å². The Morgan fingerprint density at radius 3 is 2.60 bits per heavy atom. The van der Waals surface area contributed by atoms with E-state index < -0.39 is 45.5 Å². The molecule has 2 atom stereocenters. The minimum absolute atomic E-state index is 0.00569. The second-order valence-electron chi connectivity index (χ2n) is 9.70. The van der Waals surface area contributed by atoms with Crippen molar-refractivity contribution in [1.29, 1.82) is 0 Å². The molecule has 2 aliphatic heterocycles. The number of nitrogens with zero attached hydrogens (tertiary/aromatic N) is 1. The molecule has 3 N–H and O–H groups in total. The highest BCUT2D eigenvalue weighted by Gasteiger charge is 2.47. The van der Waals surface area contributed by atoms with Crippen LogP contribution in [0.2, 0.25) is 5.02 Å². The summed E-state index contributed by atoms with van der Waals surface area (Å²) in [5.41, 5.74) is 0.600. The van der Waals surface area contributed by atoms with E-state index in [1.807, 2.05) is 0 Å². The first-order valence-electron chi connectivity index (χ1n) is 12.4. The smallest absolute Gasteiger partial charge is 0.412 e. The van der Waals surface area contributed by atoms with E-state index in [2.05, 4.69) is 20.7 Å². The van der Waals surface area contributed by atoms with Crippen LogP contribution in [0.4, 0.5) is 21.0 Å². The second kappa shape index (κ2) is 11.7. The van der Waals surface area contributed by atoms with Gasteiger partial charge >= 0.3 is 12.2 Å². The van der Waals surface area contributed by atoms with Crippen molar-refractivity contribution in [1.82, 2.24) is 10.2 Å². The van der Waals surface area contributed by atoms with Gasteiger partial charge in [0.25, 0.3) is 5.91 Å². The monoisotopic (exact) mass is 592 g/mol. The number of amides is 4. The first-order valence-corrected chi connectivity index (χ1v) is 14.9. The zero-order chi connectivity index (χ0) is 29.1. The second-order valence-corrected chi connectivity index (χ2v) is 12.4. The molecule has 2 aliphatic rings. The molecule has 2 aromatic carbocycles. The lowest BCUT2D eigenvalue weighted by atomic mass is 9.83. The van der Waals surface area contributed by atoms with Crippen molar-refractivity contribution in [3.63, 3.8) is 0 Å². The molecule has 12 nitrogen and oxygen atoms in total. The van der Waals surface area contributed by atoms with Crippen LogP contribution in [-0.2, 0) is 29.7 Å². The van der Waals surface area contributed by atoms with Gasteiger partial charge in [-0.2, -0.15) is 0 Å². The molecule has 4 amide bonds. The van der Waals surface area contributed by atoms with E-state index in [1.54, 1.807) is 18.2 Å². The third-order valence-electron chi connectivity index (χ3n) is 6.72. The Balaban J connectivity index is 1.55. The fraction of sp³-hybridized carbons (Fsp3) is 0.385. The molecule has 2 heterocycles. The van der Waals surface area contributed by atoms with Gasteiger partial charge < -0.3 is 19.7 Å². The van der Waals surface area contributed by atoms with Crippen molar-refractivity contribution in [3.8, 4) is 0 Å². The summed E-state index contributed by atoms with van der Waals surface area (Å²) in [5.74, 6) is -1.44. The molecule has 0 radical (unpaired) electrons. The Morgan fingerprint density at radius 2 is 1.93 bits per heavy atom. The summed E-state index contributed by atoms with van der Waals surface area (Å²) in [6.07, 6.45) is 0.506. The Hall–Kier alpha value is -3.84. The number of benzene rings is 2. The summed E-state index contributed by atoms with van der Waals surface area (Å²) in [7, 11) is -2.23. The van der Waals surface area contributed by atoms with Gasteiger partial charge in [0.2, 0.25) is 5.91 Å². The van der Waals surface area contributed by atoms with Gasteiger partial charge in [0.1, 0.15) is 15.9 Å². The van der Waals surface area contributed by atoms with Crippen LogP contribution in [0.5, 0.6) is 0 Å². The Kier molecular flexibility index (Phi) is 8.54. The van der Waals surface area contributed by atoms with Gasteiger partial charge in [0, 0.05) is 34.6 Å². The Bertz CT molecular complexity index is 1430. The fourth-order valence-corrected chi connectivity index (χ4v) is 5.64. The average Bonchev–Trinajstić information content (AvgIpc) is 2.91. The van der Waals surface area contributed by atoms with Crippen molar-refractivity contribution in [2.45, 2.75) is 30.9 Å². The lowest BCUT2D eigenvalue weighted by molar-refractivity contribution is -0.141. The molecule has 0 saturated carbocycles. The number of piperidine rings is 1. The van der Waals surface area contributed by atoms with Crippen LogP contribution >= 0.6 is 11.6 Å². The van der Waals surface area contributed by atoms with Gasteiger partial charge in [0.15, 0.2) is 5.60 Å². The van der Waals surface area contributed by atoms with Crippen molar-refractivity contribution in [3.05, 3.63) is 58.6 Å². The van der Waals surface area contributed by atoms with Crippen LogP contribution in [0.1, 0.15) is 35.2 Å². The Labute approximate surface area is 236 Å². The van der Waals surface area contributed by atoms with Gasteiger partial charge in [-0.05, 0) is 61.7 Å². The number of ether oxygens (including phenoxy) is 2. The predicted octanol–water partition coefficient (Wildman–Crippen LogP) is 3.13. The van der Waals surface area contributed by atoms with E-state index >= 15 is 0 Å². The number of anilines is 2. The molecule has 0 bridgehead atoms. The SMILES string of the molecule is COC(=O)Nc1ccc(C(=O)N[C@@H](CCS(C)(=O)=O)C(=O)N2CCC[C@@]3(C2)OC(=O)Nc2ccc(Cl)cc23)cc1. The summed E-state index contributed by atoms with van der Waals surface area (Å²) in [6, 6.07) is 9.70. The van der Waals surface area contributed by atoms with Gasteiger partial charge in [-0.1, -0.05) is 11.6 Å².